The number of hydrogen-bond donors (Lipinski definition) is 0. The molecule has 0 saturated heterocycles. The number of para-hydroxylation sites is 1. The largest absolute Gasteiger partial charge is 0.492 e. The molecule has 2 aromatic carbocycles. The highest BCUT2D eigenvalue weighted by atomic mass is 79.9. The number of hydrogen-bond acceptors (Lipinski definition) is 3. The average Bonchev–Trinajstić information content (AvgIpc) is 2.53. The second-order valence-electron chi connectivity index (χ2n) is 5.44. The quantitative estimate of drug-likeness (QED) is 0.690. The maximum absolute atomic E-state index is 12.7. The molecule has 2 rings (SSSR count). The lowest BCUT2D eigenvalue weighted by Crippen LogP contribution is -2.34. The van der Waals surface area contributed by atoms with Gasteiger partial charge >= 0.3 is 0 Å². The first-order valence-corrected chi connectivity index (χ1v) is 9.43. The lowest BCUT2D eigenvalue weighted by Gasteiger charge is -2.23. The molecule has 0 aromatic heterocycles. The van der Waals surface area contributed by atoms with Crippen LogP contribution in [0.3, 0.4) is 0 Å². The van der Waals surface area contributed by atoms with Crippen molar-refractivity contribution in [3.05, 3.63) is 59.7 Å². The summed E-state index contributed by atoms with van der Waals surface area (Å²) in [7, 11) is -3.61. The first kappa shape index (κ1) is 18.0. The SMILES string of the molecule is Cc1ccccc1OCC(C)N(Br)S(=O)(=O)c1ccccc1C. The zero-order valence-corrected chi connectivity index (χ0v) is 15.8. The molecule has 0 amide bonds. The fourth-order valence-corrected chi connectivity index (χ4v) is 4.20. The average molecular weight is 398 g/mol. The normalized spacial score (nSPS) is 13.1. The van der Waals surface area contributed by atoms with Crippen molar-refractivity contribution in [3.8, 4) is 5.75 Å². The number of ether oxygens (including phenoxy) is 1. The number of halogens is 1. The minimum absolute atomic E-state index is 0.251. The van der Waals surface area contributed by atoms with Crippen molar-refractivity contribution in [2.24, 2.45) is 0 Å². The zero-order valence-electron chi connectivity index (χ0n) is 13.4. The molecule has 0 heterocycles. The number of sulfonamides is 1. The Morgan fingerprint density at radius 3 is 2.22 bits per heavy atom. The van der Waals surface area contributed by atoms with Crippen molar-refractivity contribution in [2.75, 3.05) is 6.61 Å². The van der Waals surface area contributed by atoms with Crippen LogP contribution < -0.4 is 4.74 Å². The van der Waals surface area contributed by atoms with Gasteiger partial charge in [0.1, 0.15) is 12.4 Å². The van der Waals surface area contributed by atoms with Crippen LogP contribution in [0.25, 0.3) is 0 Å². The van der Waals surface area contributed by atoms with Gasteiger partial charge in [0.2, 0.25) is 0 Å². The summed E-state index contributed by atoms with van der Waals surface area (Å²) in [6, 6.07) is 14.2. The summed E-state index contributed by atoms with van der Waals surface area (Å²) in [5.41, 5.74) is 1.73. The van der Waals surface area contributed by atoms with Gasteiger partial charge in [0.05, 0.1) is 10.9 Å². The maximum Gasteiger partial charge on any atom is 0.253 e. The minimum atomic E-state index is -3.61. The number of nitrogens with zero attached hydrogens (tertiary/aromatic N) is 1. The Kier molecular flexibility index (Phi) is 5.84. The second kappa shape index (κ2) is 7.47. The highest BCUT2D eigenvalue weighted by Crippen LogP contribution is 2.25. The van der Waals surface area contributed by atoms with Crippen LogP contribution in [0.4, 0.5) is 0 Å². The van der Waals surface area contributed by atoms with Gasteiger partial charge in [-0.1, -0.05) is 36.4 Å². The van der Waals surface area contributed by atoms with E-state index in [4.69, 9.17) is 4.74 Å². The van der Waals surface area contributed by atoms with Crippen LogP contribution in [-0.4, -0.2) is 24.4 Å². The maximum atomic E-state index is 12.7. The van der Waals surface area contributed by atoms with Crippen molar-refractivity contribution in [1.82, 2.24) is 3.33 Å². The number of benzene rings is 2. The summed E-state index contributed by atoms with van der Waals surface area (Å²) in [5, 5.41) is 0. The molecule has 4 nitrogen and oxygen atoms in total. The van der Waals surface area contributed by atoms with E-state index in [1.54, 1.807) is 32.0 Å². The molecule has 0 N–H and O–H groups in total. The molecule has 2 aromatic rings. The Labute approximate surface area is 146 Å². The zero-order chi connectivity index (χ0) is 17.0. The van der Waals surface area contributed by atoms with E-state index in [1.807, 2.05) is 37.3 Å². The van der Waals surface area contributed by atoms with E-state index < -0.39 is 10.0 Å². The van der Waals surface area contributed by atoms with Gasteiger partial charge in [-0.3, -0.25) is 0 Å². The topological polar surface area (TPSA) is 46.6 Å². The molecular weight excluding hydrogens is 378 g/mol. The monoisotopic (exact) mass is 397 g/mol. The van der Waals surface area contributed by atoms with Crippen LogP contribution in [0, 0.1) is 13.8 Å². The van der Waals surface area contributed by atoms with E-state index in [1.165, 1.54) is 3.33 Å². The predicted octanol–water partition coefficient (Wildman–Crippen LogP) is 4.07. The van der Waals surface area contributed by atoms with Gasteiger partial charge in [-0.2, -0.15) is 0 Å². The first-order chi connectivity index (χ1) is 10.8. The van der Waals surface area contributed by atoms with E-state index >= 15 is 0 Å². The molecule has 0 fully saturated rings. The van der Waals surface area contributed by atoms with Gasteiger partial charge in [0, 0.05) is 16.1 Å². The minimum Gasteiger partial charge on any atom is -0.492 e. The molecule has 0 aliphatic heterocycles. The Morgan fingerprint density at radius 2 is 1.61 bits per heavy atom. The molecule has 23 heavy (non-hydrogen) atoms. The standard InChI is InChI=1S/C17H20BrNO3S/c1-13-8-4-6-10-16(13)22-12-15(3)19(18)23(20,21)17-11-7-5-9-14(17)2/h4-11,15H,12H2,1-3H3. The number of aryl methyl sites for hydroxylation is 2. The van der Waals surface area contributed by atoms with Gasteiger partial charge in [0.15, 0.2) is 0 Å². The molecule has 1 atom stereocenters. The van der Waals surface area contributed by atoms with Gasteiger partial charge in [-0.05, 0) is 44.0 Å². The fourth-order valence-electron chi connectivity index (χ4n) is 2.16. The predicted molar refractivity (Wildman–Crippen MR) is 95.3 cm³/mol. The van der Waals surface area contributed by atoms with Crippen molar-refractivity contribution in [1.29, 1.82) is 0 Å². The Balaban J connectivity index is 2.12. The summed E-state index contributed by atoms with van der Waals surface area (Å²) < 4.78 is 32.3. The van der Waals surface area contributed by atoms with Gasteiger partial charge in [0.25, 0.3) is 10.0 Å². The highest BCUT2D eigenvalue weighted by molar-refractivity contribution is 9.08. The highest BCUT2D eigenvalue weighted by Gasteiger charge is 2.28. The van der Waals surface area contributed by atoms with E-state index in [-0.39, 0.29) is 12.6 Å². The van der Waals surface area contributed by atoms with E-state index in [0.29, 0.717) is 10.5 Å². The fraction of sp³-hybridized carbons (Fsp3) is 0.294. The second-order valence-corrected chi connectivity index (χ2v) is 8.46. The third kappa shape index (κ3) is 4.13. The molecule has 0 bridgehead atoms. The smallest absolute Gasteiger partial charge is 0.253 e. The van der Waals surface area contributed by atoms with Crippen molar-refractivity contribution in [2.45, 2.75) is 31.7 Å². The van der Waals surface area contributed by atoms with Gasteiger partial charge in [-0.15, -0.1) is 3.33 Å². The van der Waals surface area contributed by atoms with Crippen molar-refractivity contribution >= 4 is 26.2 Å². The van der Waals surface area contributed by atoms with Crippen LogP contribution in [0.15, 0.2) is 53.4 Å². The Morgan fingerprint density at radius 1 is 1.04 bits per heavy atom. The Hall–Kier alpha value is -1.37. The third-order valence-electron chi connectivity index (χ3n) is 3.52. The number of rotatable bonds is 6. The molecule has 0 saturated carbocycles. The molecular formula is C17H20BrNO3S. The summed E-state index contributed by atoms with van der Waals surface area (Å²) in [6.07, 6.45) is 0. The summed E-state index contributed by atoms with van der Waals surface area (Å²) in [6.45, 7) is 5.78. The van der Waals surface area contributed by atoms with Crippen LogP contribution >= 0.6 is 16.1 Å². The van der Waals surface area contributed by atoms with E-state index in [2.05, 4.69) is 16.1 Å². The molecule has 6 heteroatoms. The van der Waals surface area contributed by atoms with Crippen LogP contribution in [0.1, 0.15) is 18.1 Å². The van der Waals surface area contributed by atoms with Crippen LogP contribution in [0.5, 0.6) is 5.75 Å². The van der Waals surface area contributed by atoms with Gasteiger partial charge < -0.3 is 4.74 Å². The third-order valence-corrected chi connectivity index (χ3v) is 7.20. The lowest BCUT2D eigenvalue weighted by molar-refractivity contribution is 0.262. The van der Waals surface area contributed by atoms with Crippen molar-refractivity contribution < 1.29 is 13.2 Å². The Bertz CT molecular complexity index is 777. The molecule has 0 radical (unpaired) electrons. The van der Waals surface area contributed by atoms with Gasteiger partial charge in [-0.25, -0.2) is 8.42 Å². The summed E-state index contributed by atoms with van der Waals surface area (Å²) in [5.74, 6) is 0.758. The van der Waals surface area contributed by atoms with Crippen LogP contribution in [0.2, 0.25) is 0 Å². The summed E-state index contributed by atoms with van der Waals surface area (Å²) >= 11 is 3.19. The first-order valence-electron chi connectivity index (χ1n) is 7.28. The molecule has 0 aliphatic rings. The summed E-state index contributed by atoms with van der Waals surface area (Å²) in [4.78, 5) is 0.291. The molecule has 0 aliphatic carbocycles. The lowest BCUT2D eigenvalue weighted by atomic mass is 10.2. The van der Waals surface area contributed by atoms with E-state index in [9.17, 15) is 8.42 Å². The van der Waals surface area contributed by atoms with Crippen molar-refractivity contribution in [3.63, 3.8) is 0 Å². The van der Waals surface area contributed by atoms with E-state index in [0.717, 1.165) is 11.3 Å². The molecule has 0 spiro atoms. The molecule has 1 unspecified atom stereocenters. The van der Waals surface area contributed by atoms with Crippen LogP contribution in [-0.2, 0) is 10.0 Å². The molecule has 124 valence electrons.